The summed E-state index contributed by atoms with van der Waals surface area (Å²) >= 11 is 0. The second kappa shape index (κ2) is 5.77. The van der Waals surface area contributed by atoms with Gasteiger partial charge in [-0.2, -0.15) is 0 Å². The average molecular weight is 255 g/mol. The third kappa shape index (κ3) is 3.07. The van der Waals surface area contributed by atoms with Gasteiger partial charge in [0, 0.05) is 20.1 Å². The molecule has 2 N–H and O–H groups in total. The fourth-order valence-corrected chi connectivity index (χ4v) is 2.52. The van der Waals surface area contributed by atoms with Crippen LogP contribution >= 0.6 is 0 Å². The normalized spacial score (nSPS) is 27.2. The number of carbonyl (C=O) groups excluding carboxylic acids is 2. The average Bonchev–Trinajstić information content (AvgIpc) is 2.92. The molecule has 6 heteroatoms. The minimum atomic E-state index is -0.489. The number of hydrogen-bond donors (Lipinski definition) is 2. The van der Waals surface area contributed by atoms with Crippen LogP contribution in [0.15, 0.2) is 0 Å². The highest BCUT2D eigenvalue weighted by molar-refractivity contribution is 6.05. The van der Waals surface area contributed by atoms with Crippen LogP contribution in [0.5, 0.6) is 0 Å². The Morgan fingerprint density at radius 1 is 1.39 bits per heavy atom. The van der Waals surface area contributed by atoms with E-state index in [1.165, 1.54) is 19.9 Å². The standard InChI is InChI=1S/C12H21N3O3/c1-14-11(17)6-10(12(14)18)13-7-9(16)8-15-4-2-3-5-15/h9-10,13,16H,2-8H2,1H3. The van der Waals surface area contributed by atoms with E-state index in [-0.39, 0.29) is 18.2 Å². The van der Waals surface area contributed by atoms with Crippen molar-refractivity contribution in [2.75, 3.05) is 33.2 Å². The van der Waals surface area contributed by atoms with E-state index in [9.17, 15) is 14.7 Å². The van der Waals surface area contributed by atoms with Gasteiger partial charge in [0.25, 0.3) is 0 Å². The van der Waals surface area contributed by atoms with Crippen LogP contribution in [-0.4, -0.2) is 72.1 Å². The van der Waals surface area contributed by atoms with Crippen LogP contribution in [0.4, 0.5) is 0 Å². The molecular weight excluding hydrogens is 234 g/mol. The number of carbonyl (C=O) groups is 2. The Morgan fingerprint density at radius 2 is 2.06 bits per heavy atom. The number of rotatable bonds is 5. The lowest BCUT2D eigenvalue weighted by Gasteiger charge is -2.20. The van der Waals surface area contributed by atoms with Gasteiger partial charge in [0.1, 0.15) is 0 Å². The molecule has 18 heavy (non-hydrogen) atoms. The molecule has 102 valence electrons. The first-order chi connectivity index (χ1) is 8.58. The number of amides is 2. The second-order valence-electron chi connectivity index (χ2n) is 5.12. The molecule has 2 fully saturated rings. The van der Waals surface area contributed by atoms with Gasteiger partial charge in [-0.1, -0.05) is 0 Å². The SMILES string of the molecule is CN1C(=O)CC(NCC(O)CN2CCCC2)C1=O. The zero-order valence-electron chi connectivity index (χ0n) is 10.8. The fraction of sp³-hybridized carbons (Fsp3) is 0.833. The van der Waals surface area contributed by atoms with E-state index in [0.717, 1.165) is 18.0 Å². The summed E-state index contributed by atoms with van der Waals surface area (Å²) in [6.45, 7) is 3.08. The second-order valence-corrected chi connectivity index (χ2v) is 5.12. The molecule has 0 saturated carbocycles. The zero-order chi connectivity index (χ0) is 13.1. The number of nitrogens with zero attached hydrogens (tertiary/aromatic N) is 2. The molecule has 2 aliphatic heterocycles. The topological polar surface area (TPSA) is 72.9 Å². The zero-order valence-corrected chi connectivity index (χ0v) is 10.8. The molecule has 2 aliphatic rings. The first-order valence-electron chi connectivity index (χ1n) is 6.52. The quantitative estimate of drug-likeness (QED) is 0.603. The van der Waals surface area contributed by atoms with E-state index in [2.05, 4.69) is 10.2 Å². The summed E-state index contributed by atoms with van der Waals surface area (Å²) in [4.78, 5) is 26.3. The number of hydrogen-bond acceptors (Lipinski definition) is 5. The lowest BCUT2D eigenvalue weighted by molar-refractivity contribution is -0.137. The molecule has 2 rings (SSSR count). The van der Waals surface area contributed by atoms with Crippen molar-refractivity contribution in [3.63, 3.8) is 0 Å². The Balaban J connectivity index is 1.71. The Hall–Kier alpha value is -0.980. The molecule has 0 spiro atoms. The molecular formula is C12H21N3O3. The third-order valence-corrected chi connectivity index (χ3v) is 3.65. The summed E-state index contributed by atoms with van der Waals surface area (Å²) in [5.41, 5.74) is 0. The number of β-amino-alcohol motifs (C(OH)–C–C–N with tert-alkyl or cyclic N) is 1. The van der Waals surface area contributed by atoms with Crippen molar-refractivity contribution >= 4 is 11.8 Å². The minimum Gasteiger partial charge on any atom is -0.390 e. The molecule has 2 saturated heterocycles. The molecule has 0 radical (unpaired) electrons. The van der Waals surface area contributed by atoms with E-state index < -0.39 is 12.1 Å². The van der Waals surface area contributed by atoms with Crippen LogP contribution in [0, 0.1) is 0 Å². The molecule has 0 aliphatic carbocycles. The largest absolute Gasteiger partial charge is 0.390 e. The van der Waals surface area contributed by atoms with Crippen LogP contribution in [-0.2, 0) is 9.59 Å². The monoisotopic (exact) mass is 255 g/mol. The van der Waals surface area contributed by atoms with Gasteiger partial charge in [0.05, 0.1) is 18.6 Å². The molecule has 2 atom stereocenters. The summed E-state index contributed by atoms with van der Waals surface area (Å²) in [5, 5.41) is 12.9. The molecule has 2 heterocycles. The van der Waals surface area contributed by atoms with Crippen molar-refractivity contribution in [3.05, 3.63) is 0 Å². The first-order valence-corrected chi connectivity index (χ1v) is 6.52. The van der Waals surface area contributed by atoms with Crippen molar-refractivity contribution in [1.82, 2.24) is 15.1 Å². The predicted molar refractivity (Wildman–Crippen MR) is 65.9 cm³/mol. The lowest BCUT2D eigenvalue weighted by atomic mass is 10.2. The van der Waals surface area contributed by atoms with Crippen LogP contribution in [0.1, 0.15) is 19.3 Å². The lowest BCUT2D eigenvalue weighted by Crippen LogP contribution is -2.43. The molecule has 2 unspecified atom stereocenters. The Kier molecular flexibility index (Phi) is 4.31. The molecule has 0 aromatic carbocycles. The van der Waals surface area contributed by atoms with E-state index in [1.54, 1.807) is 0 Å². The smallest absolute Gasteiger partial charge is 0.246 e. The summed E-state index contributed by atoms with van der Waals surface area (Å²) in [7, 11) is 1.49. The van der Waals surface area contributed by atoms with E-state index in [4.69, 9.17) is 0 Å². The Bertz CT molecular complexity index is 329. The van der Waals surface area contributed by atoms with Gasteiger partial charge in [-0.3, -0.25) is 14.5 Å². The summed E-state index contributed by atoms with van der Waals surface area (Å²) < 4.78 is 0. The van der Waals surface area contributed by atoms with Gasteiger partial charge < -0.3 is 15.3 Å². The predicted octanol–water partition coefficient (Wildman–Crippen LogP) is -1.21. The third-order valence-electron chi connectivity index (χ3n) is 3.65. The fourth-order valence-electron chi connectivity index (χ4n) is 2.52. The highest BCUT2D eigenvalue weighted by atomic mass is 16.3. The van der Waals surface area contributed by atoms with Gasteiger partial charge in [0.2, 0.25) is 11.8 Å². The van der Waals surface area contributed by atoms with Crippen molar-refractivity contribution in [2.45, 2.75) is 31.4 Å². The van der Waals surface area contributed by atoms with Gasteiger partial charge in [-0.05, 0) is 25.9 Å². The maximum Gasteiger partial charge on any atom is 0.246 e. The van der Waals surface area contributed by atoms with Gasteiger partial charge in [-0.15, -0.1) is 0 Å². The molecule has 0 bridgehead atoms. The van der Waals surface area contributed by atoms with Gasteiger partial charge in [0.15, 0.2) is 0 Å². The van der Waals surface area contributed by atoms with Crippen LogP contribution in [0.2, 0.25) is 0 Å². The number of likely N-dealkylation sites (tertiary alicyclic amines) is 2. The van der Waals surface area contributed by atoms with Crippen molar-refractivity contribution in [2.24, 2.45) is 0 Å². The Labute approximate surface area is 107 Å². The molecule has 6 nitrogen and oxygen atoms in total. The molecule has 0 aromatic rings. The number of nitrogens with one attached hydrogen (secondary N) is 1. The van der Waals surface area contributed by atoms with E-state index in [1.807, 2.05) is 0 Å². The minimum absolute atomic E-state index is 0.161. The highest BCUT2D eigenvalue weighted by Crippen LogP contribution is 2.11. The van der Waals surface area contributed by atoms with Crippen molar-refractivity contribution in [3.8, 4) is 0 Å². The first kappa shape index (κ1) is 13.5. The maximum atomic E-state index is 11.6. The Morgan fingerprint density at radius 3 is 2.61 bits per heavy atom. The highest BCUT2D eigenvalue weighted by Gasteiger charge is 2.35. The van der Waals surface area contributed by atoms with Gasteiger partial charge >= 0.3 is 0 Å². The van der Waals surface area contributed by atoms with E-state index in [0.29, 0.717) is 13.1 Å². The summed E-state index contributed by atoms with van der Waals surface area (Å²) in [6.07, 6.45) is 2.10. The number of aliphatic hydroxyl groups is 1. The molecule has 0 aromatic heterocycles. The van der Waals surface area contributed by atoms with Crippen molar-refractivity contribution < 1.29 is 14.7 Å². The van der Waals surface area contributed by atoms with Crippen molar-refractivity contribution in [1.29, 1.82) is 0 Å². The number of aliphatic hydroxyl groups excluding tert-OH is 1. The van der Waals surface area contributed by atoms with Crippen LogP contribution in [0.25, 0.3) is 0 Å². The van der Waals surface area contributed by atoms with Crippen LogP contribution < -0.4 is 5.32 Å². The number of imide groups is 1. The van der Waals surface area contributed by atoms with Crippen LogP contribution in [0.3, 0.4) is 0 Å². The molecule has 2 amide bonds. The summed E-state index contributed by atoms with van der Waals surface area (Å²) in [5.74, 6) is -0.361. The van der Waals surface area contributed by atoms with Gasteiger partial charge in [-0.25, -0.2) is 0 Å². The maximum absolute atomic E-state index is 11.6. The summed E-state index contributed by atoms with van der Waals surface area (Å²) in [6, 6.07) is -0.462. The van der Waals surface area contributed by atoms with E-state index >= 15 is 0 Å². The number of likely N-dealkylation sites (N-methyl/N-ethyl adjacent to an activating group) is 1.